The number of pyridine rings is 1. The summed E-state index contributed by atoms with van der Waals surface area (Å²) >= 11 is 0. The van der Waals surface area contributed by atoms with E-state index >= 15 is 0 Å². The number of aromatic nitrogens is 3. The van der Waals surface area contributed by atoms with Gasteiger partial charge in [-0.25, -0.2) is 9.78 Å². The molecule has 0 amide bonds. The SMILES string of the molecule is CC(C)(C)OC(=O)CN1CC(n2c(=O)[nH]c3cccnc32)C1. The van der Waals surface area contributed by atoms with Crippen LogP contribution in [0.15, 0.2) is 23.1 Å². The number of hydrogen-bond acceptors (Lipinski definition) is 5. The lowest BCUT2D eigenvalue weighted by Crippen LogP contribution is -2.52. The first kappa shape index (κ1) is 14.8. The van der Waals surface area contributed by atoms with Gasteiger partial charge in [0.05, 0.1) is 18.1 Å². The molecule has 7 nitrogen and oxygen atoms in total. The molecule has 0 aliphatic carbocycles. The van der Waals surface area contributed by atoms with E-state index in [1.165, 1.54) is 0 Å². The predicted molar refractivity (Wildman–Crippen MR) is 81.7 cm³/mol. The number of carbonyl (C=O) groups is 1. The molecule has 0 saturated carbocycles. The molecule has 3 rings (SSSR count). The normalized spacial score (nSPS) is 16.7. The fraction of sp³-hybridized carbons (Fsp3) is 0.533. The summed E-state index contributed by atoms with van der Waals surface area (Å²) in [5, 5.41) is 0. The lowest BCUT2D eigenvalue weighted by atomic mass is 10.1. The first-order valence-electron chi connectivity index (χ1n) is 7.33. The highest BCUT2D eigenvalue weighted by Crippen LogP contribution is 2.22. The highest BCUT2D eigenvalue weighted by Gasteiger charge is 2.33. The number of hydrogen-bond donors (Lipinski definition) is 1. The fourth-order valence-electron chi connectivity index (χ4n) is 2.69. The van der Waals surface area contributed by atoms with Crippen molar-refractivity contribution in [2.75, 3.05) is 19.6 Å². The van der Waals surface area contributed by atoms with Crippen LogP contribution >= 0.6 is 0 Å². The molecule has 2 aromatic rings. The molecule has 22 heavy (non-hydrogen) atoms. The van der Waals surface area contributed by atoms with Crippen LogP contribution in [0.25, 0.3) is 11.2 Å². The van der Waals surface area contributed by atoms with Crippen LogP contribution in [0, 0.1) is 0 Å². The second-order valence-electron chi connectivity index (χ2n) is 6.61. The summed E-state index contributed by atoms with van der Waals surface area (Å²) in [5.41, 5.74) is 0.766. The van der Waals surface area contributed by atoms with E-state index in [0.717, 1.165) is 5.52 Å². The number of fused-ring (bicyclic) bond motifs is 1. The minimum atomic E-state index is -0.473. The monoisotopic (exact) mass is 304 g/mol. The number of imidazole rings is 1. The molecule has 7 heteroatoms. The second kappa shape index (κ2) is 5.24. The maximum absolute atomic E-state index is 12.0. The van der Waals surface area contributed by atoms with Crippen LogP contribution in [-0.2, 0) is 9.53 Å². The van der Waals surface area contributed by atoms with Gasteiger partial charge in [-0.05, 0) is 32.9 Å². The average molecular weight is 304 g/mol. The molecule has 1 N–H and O–H groups in total. The van der Waals surface area contributed by atoms with Gasteiger partial charge in [-0.1, -0.05) is 0 Å². The van der Waals surface area contributed by atoms with Crippen molar-refractivity contribution >= 4 is 17.1 Å². The Morgan fingerprint density at radius 3 is 2.86 bits per heavy atom. The molecule has 1 aliphatic rings. The topological polar surface area (TPSA) is 80.2 Å². The molecule has 0 atom stereocenters. The van der Waals surface area contributed by atoms with Gasteiger partial charge in [0.1, 0.15) is 5.60 Å². The first-order chi connectivity index (χ1) is 10.3. The number of H-pyrrole nitrogens is 1. The van der Waals surface area contributed by atoms with E-state index in [4.69, 9.17) is 4.74 Å². The number of esters is 1. The van der Waals surface area contributed by atoms with Gasteiger partial charge in [0.15, 0.2) is 5.65 Å². The molecule has 0 aromatic carbocycles. The molecule has 1 fully saturated rings. The number of rotatable bonds is 3. The third-order valence-corrected chi connectivity index (χ3v) is 3.55. The zero-order valence-corrected chi connectivity index (χ0v) is 13.0. The summed E-state index contributed by atoms with van der Waals surface area (Å²) in [7, 11) is 0. The third kappa shape index (κ3) is 2.89. The van der Waals surface area contributed by atoms with Crippen LogP contribution in [0.5, 0.6) is 0 Å². The standard InChI is InChI=1S/C15H20N4O3/c1-15(2,3)22-12(20)9-18-7-10(8-18)19-13-11(17-14(19)21)5-4-6-16-13/h4-6,10H,7-9H2,1-3H3,(H,17,21). The van der Waals surface area contributed by atoms with Crippen LogP contribution in [0.3, 0.4) is 0 Å². The molecule has 1 aliphatic heterocycles. The Hall–Kier alpha value is -2.15. The number of nitrogens with one attached hydrogen (secondary N) is 1. The average Bonchev–Trinajstić information content (AvgIpc) is 2.67. The van der Waals surface area contributed by atoms with Crippen molar-refractivity contribution in [1.29, 1.82) is 0 Å². The van der Waals surface area contributed by atoms with E-state index in [9.17, 15) is 9.59 Å². The van der Waals surface area contributed by atoms with E-state index in [-0.39, 0.29) is 24.2 Å². The smallest absolute Gasteiger partial charge is 0.328 e. The summed E-state index contributed by atoms with van der Waals surface area (Å²) < 4.78 is 6.96. The molecule has 0 spiro atoms. The summed E-state index contributed by atoms with van der Waals surface area (Å²) in [6, 6.07) is 3.66. The zero-order valence-electron chi connectivity index (χ0n) is 13.0. The van der Waals surface area contributed by atoms with Gasteiger partial charge in [0, 0.05) is 19.3 Å². The molecule has 0 unspecified atom stereocenters. The third-order valence-electron chi connectivity index (χ3n) is 3.55. The van der Waals surface area contributed by atoms with Gasteiger partial charge in [0.25, 0.3) is 0 Å². The van der Waals surface area contributed by atoms with E-state index < -0.39 is 5.60 Å². The summed E-state index contributed by atoms with van der Waals surface area (Å²) in [6.07, 6.45) is 1.67. The Bertz CT molecular complexity index is 750. The number of nitrogens with zero attached hydrogens (tertiary/aromatic N) is 3. The lowest BCUT2D eigenvalue weighted by Gasteiger charge is -2.39. The molecule has 118 valence electrons. The van der Waals surface area contributed by atoms with Crippen molar-refractivity contribution in [3.63, 3.8) is 0 Å². The number of carbonyl (C=O) groups excluding carboxylic acids is 1. The lowest BCUT2D eigenvalue weighted by molar-refractivity contribution is -0.157. The van der Waals surface area contributed by atoms with Gasteiger partial charge in [0.2, 0.25) is 0 Å². The number of ether oxygens (including phenoxy) is 1. The minimum Gasteiger partial charge on any atom is -0.459 e. The second-order valence-corrected chi connectivity index (χ2v) is 6.61. The number of aromatic amines is 1. The van der Waals surface area contributed by atoms with E-state index in [1.807, 2.05) is 31.7 Å². The quantitative estimate of drug-likeness (QED) is 0.853. The fourth-order valence-corrected chi connectivity index (χ4v) is 2.69. The van der Waals surface area contributed by atoms with E-state index in [2.05, 4.69) is 9.97 Å². The highest BCUT2D eigenvalue weighted by atomic mass is 16.6. The van der Waals surface area contributed by atoms with E-state index in [0.29, 0.717) is 18.7 Å². The van der Waals surface area contributed by atoms with Crippen molar-refractivity contribution in [3.8, 4) is 0 Å². The first-order valence-corrected chi connectivity index (χ1v) is 7.33. The van der Waals surface area contributed by atoms with Crippen molar-refractivity contribution < 1.29 is 9.53 Å². The minimum absolute atomic E-state index is 0.0404. The maximum Gasteiger partial charge on any atom is 0.328 e. The van der Waals surface area contributed by atoms with Crippen molar-refractivity contribution in [3.05, 3.63) is 28.8 Å². The highest BCUT2D eigenvalue weighted by molar-refractivity contribution is 5.72. The summed E-state index contributed by atoms with van der Waals surface area (Å²) in [4.78, 5) is 32.9. The molecule has 1 saturated heterocycles. The molecule has 0 radical (unpaired) electrons. The van der Waals surface area contributed by atoms with Crippen molar-refractivity contribution in [2.45, 2.75) is 32.4 Å². The van der Waals surface area contributed by atoms with Crippen LogP contribution in [0.1, 0.15) is 26.8 Å². The van der Waals surface area contributed by atoms with Gasteiger partial charge in [-0.3, -0.25) is 14.3 Å². The van der Waals surface area contributed by atoms with Gasteiger partial charge in [-0.2, -0.15) is 0 Å². The summed E-state index contributed by atoms with van der Waals surface area (Å²) in [5.74, 6) is -0.240. The molecule has 3 heterocycles. The van der Waals surface area contributed by atoms with E-state index in [1.54, 1.807) is 16.8 Å². The number of likely N-dealkylation sites (tertiary alicyclic amines) is 1. The van der Waals surface area contributed by atoms with Crippen LogP contribution in [0.4, 0.5) is 0 Å². The zero-order chi connectivity index (χ0) is 15.9. The Morgan fingerprint density at radius 1 is 1.45 bits per heavy atom. The van der Waals surface area contributed by atoms with Crippen LogP contribution in [-0.4, -0.2) is 50.6 Å². The summed E-state index contributed by atoms with van der Waals surface area (Å²) in [6.45, 7) is 7.08. The van der Waals surface area contributed by atoms with Crippen molar-refractivity contribution in [1.82, 2.24) is 19.4 Å². The van der Waals surface area contributed by atoms with Gasteiger partial charge >= 0.3 is 11.7 Å². The Morgan fingerprint density at radius 2 is 2.18 bits per heavy atom. The van der Waals surface area contributed by atoms with Crippen LogP contribution < -0.4 is 5.69 Å². The van der Waals surface area contributed by atoms with Crippen molar-refractivity contribution in [2.24, 2.45) is 0 Å². The molecular formula is C15H20N4O3. The van der Waals surface area contributed by atoms with Gasteiger partial charge < -0.3 is 9.72 Å². The predicted octanol–water partition coefficient (Wildman–Crippen LogP) is 0.923. The van der Waals surface area contributed by atoms with Gasteiger partial charge in [-0.15, -0.1) is 0 Å². The largest absolute Gasteiger partial charge is 0.459 e. The molecular weight excluding hydrogens is 284 g/mol. The molecule has 2 aromatic heterocycles. The Labute approximate surface area is 127 Å². The Kier molecular flexibility index (Phi) is 3.52. The molecule has 0 bridgehead atoms. The van der Waals surface area contributed by atoms with Crippen LogP contribution in [0.2, 0.25) is 0 Å². The Balaban J connectivity index is 1.65. The maximum atomic E-state index is 12.0.